The standard InChI is InChI=1S/C16H19F4N3O2.ClH/c17-13-4-3-11(16(18,19)20)8-12(13)15(25)23-7-1-2-10(9-23)14(24)22-6-5-21;/h3-4,8,10H,1-2,5-7,9,21H2,(H,22,24);1H. The van der Waals surface area contributed by atoms with Crippen molar-refractivity contribution in [2.45, 2.75) is 19.0 Å². The Morgan fingerprint density at radius 3 is 2.62 bits per heavy atom. The summed E-state index contributed by atoms with van der Waals surface area (Å²) < 4.78 is 52.2. The highest BCUT2D eigenvalue weighted by Crippen LogP contribution is 2.31. The van der Waals surface area contributed by atoms with Gasteiger partial charge < -0.3 is 16.0 Å². The van der Waals surface area contributed by atoms with Gasteiger partial charge in [-0.05, 0) is 31.0 Å². The van der Waals surface area contributed by atoms with E-state index < -0.39 is 34.9 Å². The maximum Gasteiger partial charge on any atom is 0.416 e. The van der Waals surface area contributed by atoms with E-state index in [1.165, 1.54) is 4.90 Å². The van der Waals surface area contributed by atoms with Crippen molar-refractivity contribution in [1.29, 1.82) is 0 Å². The summed E-state index contributed by atoms with van der Waals surface area (Å²) in [5, 5.41) is 2.62. The SMILES string of the molecule is Cl.NCCNC(=O)C1CCCN(C(=O)c2cc(C(F)(F)F)ccc2F)C1. The second-order valence-corrected chi connectivity index (χ2v) is 5.86. The van der Waals surface area contributed by atoms with Crippen LogP contribution in [0.2, 0.25) is 0 Å². The summed E-state index contributed by atoms with van der Waals surface area (Å²) in [6.45, 7) is 0.863. The zero-order chi connectivity index (χ0) is 18.6. The Labute approximate surface area is 154 Å². The predicted octanol–water partition coefficient (Wildman–Crippen LogP) is 2.19. The molecule has 1 atom stereocenters. The number of halogens is 5. The molecule has 146 valence electrons. The maximum atomic E-state index is 13.9. The Kier molecular flexibility index (Phi) is 7.83. The number of amides is 2. The third-order valence-corrected chi connectivity index (χ3v) is 4.05. The van der Waals surface area contributed by atoms with Crippen molar-refractivity contribution >= 4 is 24.2 Å². The number of nitrogens with zero attached hydrogens (tertiary/aromatic N) is 1. The lowest BCUT2D eigenvalue weighted by molar-refractivity contribution is -0.137. The summed E-state index contributed by atoms with van der Waals surface area (Å²) in [7, 11) is 0. The maximum absolute atomic E-state index is 13.9. The fourth-order valence-electron chi connectivity index (χ4n) is 2.75. The molecule has 10 heteroatoms. The monoisotopic (exact) mass is 397 g/mol. The molecule has 0 spiro atoms. The van der Waals surface area contributed by atoms with E-state index in [0.717, 1.165) is 0 Å². The second-order valence-electron chi connectivity index (χ2n) is 5.86. The van der Waals surface area contributed by atoms with E-state index in [9.17, 15) is 27.2 Å². The smallest absolute Gasteiger partial charge is 0.355 e. The molecule has 0 aromatic heterocycles. The molecule has 26 heavy (non-hydrogen) atoms. The van der Waals surface area contributed by atoms with Crippen molar-refractivity contribution in [2.75, 3.05) is 26.2 Å². The first kappa shape index (κ1) is 22.2. The Bertz CT molecular complexity index is 655. The van der Waals surface area contributed by atoms with Gasteiger partial charge in [-0.15, -0.1) is 12.4 Å². The third kappa shape index (κ3) is 5.31. The van der Waals surface area contributed by atoms with Crippen LogP contribution in [0.25, 0.3) is 0 Å². The molecule has 0 aliphatic carbocycles. The van der Waals surface area contributed by atoms with Crippen LogP contribution in [0.3, 0.4) is 0 Å². The Balaban J connectivity index is 0.00000338. The third-order valence-electron chi connectivity index (χ3n) is 4.05. The van der Waals surface area contributed by atoms with Crippen LogP contribution in [-0.4, -0.2) is 42.9 Å². The van der Waals surface area contributed by atoms with Gasteiger partial charge in [-0.2, -0.15) is 13.2 Å². The molecule has 1 unspecified atom stereocenters. The first-order chi connectivity index (χ1) is 11.7. The van der Waals surface area contributed by atoms with E-state index in [2.05, 4.69) is 5.32 Å². The molecule has 2 rings (SSSR count). The number of hydrogen-bond donors (Lipinski definition) is 2. The van der Waals surface area contributed by atoms with E-state index in [1.807, 2.05) is 0 Å². The van der Waals surface area contributed by atoms with Gasteiger partial charge in [-0.25, -0.2) is 4.39 Å². The topological polar surface area (TPSA) is 75.4 Å². The molecule has 1 aliphatic heterocycles. The molecular formula is C16H20ClF4N3O2. The lowest BCUT2D eigenvalue weighted by Gasteiger charge is -2.32. The Hall–Kier alpha value is -1.87. The Morgan fingerprint density at radius 1 is 1.31 bits per heavy atom. The number of hydrogen-bond acceptors (Lipinski definition) is 3. The summed E-state index contributed by atoms with van der Waals surface area (Å²) in [6.07, 6.45) is -3.62. The molecule has 3 N–H and O–H groups in total. The van der Waals surface area contributed by atoms with Crippen molar-refractivity contribution in [3.8, 4) is 0 Å². The summed E-state index contributed by atoms with van der Waals surface area (Å²) >= 11 is 0. The summed E-state index contributed by atoms with van der Waals surface area (Å²) in [5.41, 5.74) is 3.58. The van der Waals surface area contributed by atoms with Gasteiger partial charge in [0.15, 0.2) is 0 Å². The molecule has 2 amide bonds. The van der Waals surface area contributed by atoms with Crippen LogP contribution in [0.15, 0.2) is 18.2 Å². The van der Waals surface area contributed by atoms with Crippen LogP contribution in [-0.2, 0) is 11.0 Å². The molecule has 0 saturated carbocycles. The fraction of sp³-hybridized carbons (Fsp3) is 0.500. The minimum atomic E-state index is -4.67. The molecule has 0 bridgehead atoms. The van der Waals surface area contributed by atoms with Gasteiger partial charge in [0, 0.05) is 26.2 Å². The Morgan fingerprint density at radius 2 is 2.00 bits per heavy atom. The molecule has 1 aliphatic rings. The van der Waals surface area contributed by atoms with Crippen LogP contribution in [0.1, 0.15) is 28.8 Å². The zero-order valence-electron chi connectivity index (χ0n) is 13.8. The summed E-state index contributed by atoms with van der Waals surface area (Å²) in [4.78, 5) is 25.7. The molecule has 1 fully saturated rings. The number of benzene rings is 1. The minimum absolute atomic E-state index is 0. The van der Waals surface area contributed by atoms with Gasteiger partial charge in [-0.1, -0.05) is 0 Å². The van der Waals surface area contributed by atoms with Gasteiger partial charge in [0.1, 0.15) is 5.82 Å². The average Bonchev–Trinajstić information content (AvgIpc) is 2.58. The summed E-state index contributed by atoms with van der Waals surface area (Å²) in [6, 6.07) is 1.73. The number of nitrogens with one attached hydrogen (secondary N) is 1. The first-order valence-corrected chi connectivity index (χ1v) is 7.88. The number of likely N-dealkylation sites (tertiary alicyclic amines) is 1. The number of carbonyl (C=O) groups excluding carboxylic acids is 2. The molecule has 1 aromatic carbocycles. The van der Waals surface area contributed by atoms with Gasteiger partial charge in [0.05, 0.1) is 17.0 Å². The van der Waals surface area contributed by atoms with Gasteiger partial charge in [-0.3, -0.25) is 9.59 Å². The molecule has 1 aromatic rings. The van der Waals surface area contributed by atoms with Crippen molar-refractivity contribution in [2.24, 2.45) is 11.7 Å². The number of nitrogens with two attached hydrogens (primary N) is 1. The van der Waals surface area contributed by atoms with Gasteiger partial charge in [0.25, 0.3) is 5.91 Å². The zero-order valence-corrected chi connectivity index (χ0v) is 14.6. The van der Waals surface area contributed by atoms with E-state index >= 15 is 0 Å². The highest BCUT2D eigenvalue weighted by molar-refractivity contribution is 5.95. The van der Waals surface area contributed by atoms with Crippen molar-refractivity contribution in [3.05, 3.63) is 35.1 Å². The van der Waals surface area contributed by atoms with E-state index in [4.69, 9.17) is 5.73 Å². The second kappa shape index (κ2) is 9.18. The van der Waals surface area contributed by atoms with Crippen molar-refractivity contribution in [3.63, 3.8) is 0 Å². The number of piperidine rings is 1. The van der Waals surface area contributed by atoms with Crippen LogP contribution >= 0.6 is 12.4 Å². The first-order valence-electron chi connectivity index (χ1n) is 7.88. The van der Waals surface area contributed by atoms with E-state index in [-0.39, 0.29) is 37.9 Å². The van der Waals surface area contributed by atoms with Crippen molar-refractivity contribution in [1.82, 2.24) is 10.2 Å². The van der Waals surface area contributed by atoms with Crippen LogP contribution in [0.4, 0.5) is 17.6 Å². The van der Waals surface area contributed by atoms with Crippen LogP contribution in [0.5, 0.6) is 0 Å². The van der Waals surface area contributed by atoms with Crippen LogP contribution < -0.4 is 11.1 Å². The highest BCUT2D eigenvalue weighted by Gasteiger charge is 2.34. The van der Waals surface area contributed by atoms with E-state index in [1.54, 1.807) is 0 Å². The average molecular weight is 398 g/mol. The normalized spacial score (nSPS) is 17.4. The lowest BCUT2D eigenvalue weighted by Crippen LogP contribution is -2.46. The van der Waals surface area contributed by atoms with Gasteiger partial charge >= 0.3 is 6.18 Å². The molecule has 5 nitrogen and oxygen atoms in total. The number of alkyl halides is 3. The predicted molar refractivity (Wildman–Crippen MR) is 89.3 cm³/mol. The largest absolute Gasteiger partial charge is 0.416 e. The van der Waals surface area contributed by atoms with Crippen LogP contribution in [0, 0.1) is 11.7 Å². The molecule has 1 heterocycles. The van der Waals surface area contributed by atoms with Crippen molar-refractivity contribution < 1.29 is 27.2 Å². The number of carbonyl (C=O) groups is 2. The van der Waals surface area contributed by atoms with Gasteiger partial charge in [0.2, 0.25) is 5.91 Å². The highest BCUT2D eigenvalue weighted by atomic mass is 35.5. The molecular weight excluding hydrogens is 378 g/mol. The minimum Gasteiger partial charge on any atom is -0.355 e. The fourth-order valence-corrected chi connectivity index (χ4v) is 2.75. The van der Waals surface area contributed by atoms with E-state index in [0.29, 0.717) is 37.6 Å². The lowest BCUT2D eigenvalue weighted by atomic mass is 9.96. The quantitative estimate of drug-likeness (QED) is 0.765. The summed E-state index contributed by atoms with van der Waals surface area (Å²) in [5.74, 6) is -2.63. The number of rotatable bonds is 4. The molecule has 1 saturated heterocycles. The molecule has 0 radical (unpaired) electrons.